The van der Waals surface area contributed by atoms with Crippen LogP contribution in [-0.2, 0) is 13.0 Å². The van der Waals surface area contributed by atoms with Crippen molar-refractivity contribution in [1.82, 2.24) is 9.78 Å². The number of benzene rings is 1. The molecule has 2 rings (SSSR count). The summed E-state index contributed by atoms with van der Waals surface area (Å²) in [4.78, 5) is 12.3. The quantitative estimate of drug-likeness (QED) is 0.793. The molecule has 0 aliphatic heterocycles. The third-order valence-electron chi connectivity index (χ3n) is 3.27. The van der Waals surface area contributed by atoms with Gasteiger partial charge in [-0.2, -0.15) is 5.10 Å². The first-order valence-electron chi connectivity index (χ1n) is 6.45. The van der Waals surface area contributed by atoms with E-state index in [9.17, 15) is 9.18 Å². The normalized spacial score (nSPS) is 10.8. The standard InChI is InChI=1S/C15H16BrFN2O/c1-4-19-13(15(16)10(3)18-19)8-14(20)11-6-5-9(2)12(17)7-11/h5-7H,4,8H2,1-3H3. The molecule has 0 bridgehead atoms. The van der Waals surface area contributed by atoms with E-state index in [1.807, 2.05) is 13.8 Å². The summed E-state index contributed by atoms with van der Waals surface area (Å²) in [6.07, 6.45) is 0.206. The molecular formula is C15H16BrFN2O. The second kappa shape index (κ2) is 5.87. The van der Waals surface area contributed by atoms with Crippen molar-refractivity contribution in [3.8, 4) is 0 Å². The van der Waals surface area contributed by atoms with E-state index in [4.69, 9.17) is 0 Å². The lowest BCUT2D eigenvalue weighted by Gasteiger charge is -2.06. The fourth-order valence-corrected chi connectivity index (χ4v) is 2.48. The van der Waals surface area contributed by atoms with Crippen LogP contribution in [0.15, 0.2) is 22.7 Å². The zero-order chi connectivity index (χ0) is 14.9. The maximum Gasteiger partial charge on any atom is 0.168 e. The number of aromatic nitrogens is 2. The number of nitrogens with zero attached hydrogens (tertiary/aromatic N) is 2. The molecule has 0 unspecified atom stereocenters. The topological polar surface area (TPSA) is 34.9 Å². The van der Waals surface area contributed by atoms with Gasteiger partial charge in [-0.05, 0) is 48.3 Å². The van der Waals surface area contributed by atoms with Gasteiger partial charge in [-0.25, -0.2) is 4.39 Å². The molecule has 5 heteroatoms. The summed E-state index contributed by atoms with van der Waals surface area (Å²) in [5.74, 6) is -0.464. The Labute approximate surface area is 125 Å². The van der Waals surface area contributed by atoms with Crippen LogP contribution in [0.4, 0.5) is 4.39 Å². The Balaban J connectivity index is 2.30. The molecule has 0 amide bonds. The van der Waals surface area contributed by atoms with Gasteiger partial charge in [0.25, 0.3) is 0 Å². The summed E-state index contributed by atoms with van der Waals surface area (Å²) in [5.41, 5.74) is 2.61. The summed E-state index contributed by atoms with van der Waals surface area (Å²) in [5, 5.41) is 4.35. The first-order chi connectivity index (χ1) is 9.43. The Morgan fingerprint density at radius 2 is 2.10 bits per heavy atom. The molecule has 0 aliphatic rings. The number of ketones is 1. The second-order valence-electron chi connectivity index (χ2n) is 4.73. The fraction of sp³-hybridized carbons (Fsp3) is 0.333. The van der Waals surface area contributed by atoms with Crippen LogP contribution in [0.25, 0.3) is 0 Å². The Kier molecular flexibility index (Phi) is 4.38. The van der Waals surface area contributed by atoms with E-state index >= 15 is 0 Å². The predicted molar refractivity (Wildman–Crippen MR) is 79.5 cm³/mol. The molecule has 0 aliphatic carbocycles. The summed E-state index contributed by atoms with van der Waals surface area (Å²) in [6.45, 7) is 6.22. The monoisotopic (exact) mass is 338 g/mol. The molecule has 0 radical (unpaired) electrons. The number of halogens is 2. The van der Waals surface area contributed by atoms with Gasteiger partial charge >= 0.3 is 0 Å². The first-order valence-corrected chi connectivity index (χ1v) is 7.24. The van der Waals surface area contributed by atoms with Crippen LogP contribution < -0.4 is 0 Å². The zero-order valence-electron chi connectivity index (χ0n) is 11.7. The van der Waals surface area contributed by atoms with Crippen molar-refractivity contribution >= 4 is 21.7 Å². The van der Waals surface area contributed by atoms with Gasteiger partial charge in [-0.1, -0.05) is 12.1 Å². The number of hydrogen-bond acceptors (Lipinski definition) is 2. The average molecular weight is 339 g/mol. The molecular weight excluding hydrogens is 323 g/mol. The Morgan fingerprint density at radius 3 is 2.70 bits per heavy atom. The number of rotatable bonds is 4. The number of carbonyl (C=O) groups is 1. The summed E-state index contributed by atoms with van der Waals surface area (Å²) in [6, 6.07) is 4.58. The van der Waals surface area contributed by atoms with Crippen LogP contribution >= 0.6 is 15.9 Å². The maximum absolute atomic E-state index is 13.5. The van der Waals surface area contributed by atoms with E-state index < -0.39 is 0 Å². The molecule has 1 aromatic heterocycles. The number of hydrogen-bond donors (Lipinski definition) is 0. The maximum atomic E-state index is 13.5. The number of Topliss-reactive ketones (excluding diaryl/α,β-unsaturated/α-hetero) is 1. The molecule has 0 fully saturated rings. The van der Waals surface area contributed by atoms with Crippen LogP contribution in [-0.4, -0.2) is 15.6 Å². The minimum Gasteiger partial charge on any atom is -0.294 e. The van der Waals surface area contributed by atoms with Crippen LogP contribution in [0.3, 0.4) is 0 Å². The zero-order valence-corrected chi connectivity index (χ0v) is 13.3. The van der Waals surface area contributed by atoms with Gasteiger partial charge in [0.2, 0.25) is 0 Å². The van der Waals surface area contributed by atoms with Gasteiger partial charge in [-0.15, -0.1) is 0 Å². The summed E-state index contributed by atoms with van der Waals surface area (Å²) < 4.78 is 16.2. The van der Waals surface area contributed by atoms with Gasteiger partial charge in [0.15, 0.2) is 5.78 Å². The van der Waals surface area contributed by atoms with Gasteiger partial charge in [0.1, 0.15) is 5.82 Å². The Bertz CT molecular complexity index is 664. The van der Waals surface area contributed by atoms with Crippen LogP contribution in [0.5, 0.6) is 0 Å². The summed E-state index contributed by atoms with van der Waals surface area (Å²) in [7, 11) is 0. The Morgan fingerprint density at radius 1 is 1.40 bits per heavy atom. The first kappa shape index (κ1) is 14.9. The van der Waals surface area contributed by atoms with Gasteiger partial charge in [0.05, 0.1) is 22.3 Å². The van der Waals surface area contributed by atoms with Crippen molar-refractivity contribution in [2.45, 2.75) is 33.7 Å². The predicted octanol–water partition coefficient (Wildman–Crippen LogP) is 3.85. The van der Waals surface area contributed by atoms with Crippen LogP contribution in [0, 0.1) is 19.7 Å². The third kappa shape index (κ3) is 2.82. The van der Waals surface area contributed by atoms with Crippen molar-refractivity contribution in [1.29, 1.82) is 0 Å². The van der Waals surface area contributed by atoms with Gasteiger partial charge < -0.3 is 0 Å². The van der Waals surface area contributed by atoms with E-state index in [2.05, 4.69) is 21.0 Å². The highest BCUT2D eigenvalue weighted by atomic mass is 79.9. The molecule has 0 N–H and O–H groups in total. The van der Waals surface area contributed by atoms with Crippen molar-refractivity contribution in [2.24, 2.45) is 0 Å². The number of aryl methyl sites for hydroxylation is 3. The van der Waals surface area contributed by atoms with E-state index in [1.165, 1.54) is 6.07 Å². The van der Waals surface area contributed by atoms with Crippen molar-refractivity contribution in [2.75, 3.05) is 0 Å². The van der Waals surface area contributed by atoms with E-state index in [0.717, 1.165) is 15.9 Å². The highest BCUT2D eigenvalue weighted by Gasteiger charge is 2.17. The minimum absolute atomic E-state index is 0.112. The average Bonchev–Trinajstić information content (AvgIpc) is 2.69. The van der Waals surface area contributed by atoms with Crippen LogP contribution in [0.2, 0.25) is 0 Å². The van der Waals surface area contributed by atoms with Crippen molar-refractivity contribution < 1.29 is 9.18 Å². The molecule has 106 valence electrons. The molecule has 1 aromatic carbocycles. The lowest BCUT2D eigenvalue weighted by atomic mass is 10.0. The number of carbonyl (C=O) groups excluding carboxylic acids is 1. The molecule has 0 saturated carbocycles. The lowest BCUT2D eigenvalue weighted by Crippen LogP contribution is -2.10. The SMILES string of the molecule is CCn1nc(C)c(Br)c1CC(=O)c1ccc(C)c(F)c1. The smallest absolute Gasteiger partial charge is 0.168 e. The fourth-order valence-electron chi connectivity index (χ4n) is 2.06. The minimum atomic E-state index is -0.352. The highest BCUT2D eigenvalue weighted by molar-refractivity contribution is 9.10. The van der Waals surface area contributed by atoms with Gasteiger partial charge in [0, 0.05) is 12.1 Å². The lowest BCUT2D eigenvalue weighted by molar-refractivity contribution is 0.0990. The van der Waals surface area contributed by atoms with Crippen molar-refractivity contribution in [3.63, 3.8) is 0 Å². The molecule has 0 atom stereocenters. The molecule has 2 aromatic rings. The third-order valence-corrected chi connectivity index (χ3v) is 4.31. The summed E-state index contributed by atoms with van der Waals surface area (Å²) >= 11 is 3.46. The van der Waals surface area contributed by atoms with Gasteiger partial charge in [-0.3, -0.25) is 9.48 Å². The van der Waals surface area contributed by atoms with E-state index in [-0.39, 0.29) is 18.0 Å². The second-order valence-corrected chi connectivity index (χ2v) is 5.52. The Hall–Kier alpha value is -1.49. The van der Waals surface area contributed by atoms with E-state index in [1.54, 1.807) is 23.7 Å². The molecule has 20 heavy (non-hydrogen) atoms. The van der Waals surface area contributed by atoms with Crippen LogP contribution in [0.1, 0.15) is 34.2 Å². The molecule has 0 saturated heterocycles. The van der Waals surface area contributed by atoms with Crippen molar-refractivity contribution in [3.05, 3.63) is 51.0 Å². The molecule has 0 spiro atoms. The molecule has 3 nitrogen and oxygen atoms in total. The molecule has 1 heterocycles. The van der Waals surface area contributed by atoms with E-state index in [0.29, 0.717) is 17.7 Å². The highest BCUT2D eigenvalue weighted by Crippen LogP contribution is 2.23. The largest absolute Gasteiger partial charge is 0.294 e.